The van der Waals surface area contributed by atoms with Gasteiger partial charge in [-0.1, -0.05) is 0 Å². The molecule has 0 unspecified atom stereocenters. The van der Waals surface area contributed by atoms with Crippen LogP contribution in [0.25, 0.3) is 0 Å². The third-order valence-corrected chi connectivity index (χ3v) is 2.76. The number of aromatic nitrogens is 1. The largest absolute Gasteiger partial charge is 0.397 e. The number of nitrogens with two attached hydrogens (primary N) is 1. The van der Waals surface area contributed by atoms with Crippen LogP contribution >= 0.6 is 0 Å². The number of nitrogen functional groups attached to an aromatic ring is 1. The molecule has 1 aliphatic carbocycles. The minimum absolute atomic E-state index is 0.772. The van der Waals surface area contributed by atoms with Gasteiger partial charge in [0.05, 0.1) is 11.9 Å². The van der Waals surface area contributed by atoms with Gasteiger partial charge in [-0.2, -0.15) is 0 Å². The second kappa shape index (κ2) is 3.48. The van der Waals surface area contributed by atoms with E-state index in [-0.39, 0.29) is 0 Å². The van der Waals surface area contributed by atoms with Crippen molar-refractivity contribution >= 4 is 11.5 Å². The zero-order chi connectivity index (χ0) is 10.1. The molecule has 1 aromatic heterocycles. The SMILES string of the molecule is Cc1cc(N(C)CC2CC2)ncc1N. The molecule has 2 rings (SSSR count). The summed E-state index contributed by atoms with van der Waals surface area (Å²) >= 11 is 0. The molecule has 76 valence electrons. The van der Waals surface area contributed by atoms with Gasteiger partial charge in [-0.25, -0.2) is 4.98 Å². The predicted octanol–water partition coefficient (Wildman–Crippen LogP) is 1.82. The molecule has 1 saturated carbocycles. The second-order valence-electron chi connectivity index (χ2n) is 4.22. The highest BCUT2D eigenvalue weighted by atomic mass is 15.2. The molecule has 0 aromatic carbocycles. The zero-order valence-electron chi connectivity index (χ0n) is 8.83. The van der Waals surface area contributed by atoms with E-state index in [1.807, 2.05) is 6.92 Å². The summed E-state index contributed by atoms with van der Waals surface area (Å²) in [6.45, 7) is 3.14. The van der Waals surface area contributed by atoms with Gasteiger partial charge in [0.15, 0.2) is 0 Å². The fourth-order valence-electron chi connectivity index (χ4n) is 1.54. The molecule has 3 heteroatoms. The molecule has 0 saturated heterocycles. The molecule has 1 heterocycles. The summed E-state index contributed by atoms with van der Waals surface area (Å²) in [5.74, 6) is 1.92. The molecule has 0 aliphatic heterocycles. The van der Waals surface area contributed by atoms with E-state index in [9.17, 15) is 0 Å². The molecular formula is C11H17N3. The first-order chi connectivity index (χ1) is 6.66. The van der Waals surface area contributed by atoms with Crippen LogP contribution in [0.2, 0.25) is 0 Å². The summed E-state index contributed by atoms with van der Waals surface area (Å²) in [7, 11) is 2.09. The molecule has 1 fully saturated rings. The average molecular weight is 191 g/mol. The van der Waals surface area contributed by atoms with Gasteiger partial charge >= 0.3 is 0 Å². The van der Waals surface area contributed by atoms with Crippen molar-refractivity contribution in [2.24, 2.45) is 5.92 Å². The van der Waals surface area contributed by atoms with Crippen LogP contribution in [-0.2, 0) is 0 Å². The Morgan fingerprint density at radius 2 is 2.29 bits per heavy atom. The summed E-state index contributed by atoms with van der Waals surface area (Å²) in [6.07, 6.45) is 4.49. The maximum absolute atomic E-state index is 5.72. The number of nitrogens with zero attached hydrogens (tertiary/aromatic N) is 2. The molecule has 0 radical (unpaired) electrons. The molecule has 0 bridgehead atoms. The maximum Gasteiger partial charge on any atom is 0.128 e. The normalized spacial score (nSPS) is 15.6. The Morgan fingerprint density at radius 1 is 1.57 bits per heavy atom. The first kappa shape index (κ1) is 9.31. The highest BCUT2D eigenvalue weighted by Gasteiger charge is 2.23. The van der Waals surface area contributed by atoms with Gasteiger partial charge in [-0.15, -0.1) is 0 Å². The monoisotopic (exact) mass is 191 g/mol. The Morgan fingerprint density at radius 3 is 2.86 bits per heavy atom. The molecule has 3 nitrogen and oxygen atoms in total. The molecule has 0 amide bonds. The van der Waals surface area contributed by atoms with Crippen molar-refractivity contribution in [3.63, 3.8) is 0 Å². The van der Waals surface area contributed by atoms with Crippen LogP contribution in [0.15, 0.2) is 12.3 Å². The fraction of sp³-hybridized carbons (Fsp3) is 0.545. The Hall–Kier alpha value is -1.25. The summed E-state index contributed by atoms with van der Waals surface area (Å²) in [5.41, 5.74) is 7.60. The average Bonchev–Trinajstić information content (AvgIpc) is 2.93. The molecule has 1 aromatic rings. The van der Waals surface area contributed by atoms with Crippen LogP contribution in [0.5, 0.6) is 0 Å². The first-order valence-corrected chi connectivity index (χ1v) is 5.10. The first-order valence-electron chi connectivity index (χ1n) is 5.10. The van der Waals surface area contributed by atoms with E-state index in [1.54, 1.807) is 6.20 Å². The third-order valence-electron chi connectivity index (χ3n) is 2.76. The van der Waals surface area contributed by atoms with E-state index in [2.05, 4.69) is 23.0 Å². The summed E-state index contributed by atoms with van der Waals surface area (Å²) < 4.78 is 0. The van der Waals surface area contributed by atoms with Crippen LogP contribution in [0, 0.1) is 12.8 Å². The summed E-state index contributed by atoms with van der Waals surface area (Å²) in [4.78, 5) is 6.53. The van der Waals surface area contributed by atoms with E-state index in [0.29, 0.717) is 0 Å². The summed E-state index contributed by atoms with van der Waals surface area (Å²) in [5, 5.41) is 0. The molecule has 0 spiro atoms. The smallest absolute Gasteiger partial charge is 0.128 e. The van der Waals surface area contributed by atoms with Gasteiger partial charge in [-0.3, -0.25) is 0 Å². The molecule has 1 aliphatic rings. The van der Waals surface area contributed by atoms with E-state index in [4.69, 9.17) is 5.73 Å². The van der Waals surface area contributed by atoms with Gasteiger partial charge < -0.3 is 10.6 Å². The Labute approximate surface area is 84.9 Å². The summed E-state index contributed by atoms with van der Waals surface area (Å²) in [6, 6.07) is 2.05. The number of anilines is 2. The van der Waals surface area contributed by atoms with Gasteiger partial charge in [0.25, 0.3) is 0 Å². The Kier molecular flexibility index (Phi) is 2.32. The lowest BCUT2D eigenvalue weighted by molar-refractivity contribution is 0.777. The van der Waals surface area contributed by atoms with Crippen molar-refractivity contribution in [1.29, 1.82) is 0 Å². The van der Waals surface area contributed by atoms with Crippen molar-refractivity contribution in [2.75, 3.05) is 24.2 Å². The van der Waals surface area contributed by atoms with Crippen LogP contribution in [0.3, 0.4) is 0 Å². The van der Waals surface area contributed by atoms with Gasteiger partial charge in [0, 0.05) is 13.6 Å². The Balaban J connectivity index is 2.10. The molecule has 14 heavy (non-hydrogen) atoms. The van der Waals surface area contributed by atoms with Gasteiger partial charge in [0.1, 0.15) is 5.82 Å². The molecule has 0 atom stereocenters. The van der Waals surface area contributed by atoms with Crippen molar-refractivity contribution in [2.45, 2.75) is 19.8 Å². The number of aryl methyl sites for hydroxylation is 1. The van der Waals surface area contributed by atoms with Crippen LogP contribution in [-0.4, -0.2) is 18.6 Å². The van der Waals surface area contributed by atoms with E-state index >= 15 is 0 Å². The second-order valence-corrected chi connectivity index (χ2v) is 4.22. The lowest BCUT2D eigenvalue weighted by atomic mass is 10.2. The van der Waals surface area contributed by atoms with Crippen LogP contribution in [0.1, 0.15) is 18.4 Å². The van der Waals surface area contributed by atoms with Gasteiger partial charge in [-0.05, 0) is 37.3 Å². The van der Waals surface area contributed by atoms with E-state index in [1.165, 1.54) is 12.8 Å². The predicted molar refractivity (Wildman–Crippen MR) is 59.4 cm³/mol. The number of hydrogen-bond donors (Lipinski definition) is 1. The standard InChI is InChI=1S/C11H17N3/c1-8-5-11(13-6-10(8)12)14(2)7-9-3-4-9/h5-6,9H,3-4,7,12H2,1-2H3. The maximum atomic E-state index is 5.72. The molecule has 2 N–H and O–H groups in total. The van der Waals surface area contributed by atoms with Crippen LogP contribution in [0.4, 0.5) is 11.5 Å². The fourth-order valence-corrected chi connectivity index (χ4v) is 1.54. The highest BCUT2D eigenvalue weighted by Crippen LogP contribution is 2.30. The quantitative estimate of drug-likeness (QED) is 0.792. The lowest BCUT2D eigenvalue weighted by Crippen LogP contribution is -2.21. The minimum Gasteiger partial charge on any atom is -0.397 e. The number of hydrogen-bond acceptors (Lipinski definition) is 3. The van der Waals surface area contributed by atoms with Crippen LogP contribution < -0.4 is 10.6 Å². The van der Waals surface area contributed by atoms with E-state index < -0.39 is 0 Å². The lowest BCUT2D eigenvalue weighted by Gasteiger charge is -2.18. The van der Waals surface area contributed by atoms with Crippen molar-refractivity contribution in [1.82, 2.24) is 4.98 Å². The third kappa shape index (κ3) is 1.97. The number of rotatable bonds is 3. The van der Waals surface area contributed by atoms with Crippen molar-refractivity contribution in [3.8, 4) is 0 Å². The zero-order valence-corrected chi connectivity index (χ0v) is 8.83. The van der Waals surface area contributed by atoms with E-state index in [0.717, 1.165) is 29.5 Å². The van der Waals surface area contributed by atoms with Crippen molar-refractivity contribution in [3.05, 3.63) is 17.8 Å². The van der Waals surface area contributed by atoms with Crippen molar-refractivity contribution < 1.29 is 0 Å². The topological polar surface area (TPSA) is 42.2 Å². The minimum atomic E-state index is 0.772. The number of pyridine rings is 1. The molecular weight excluding hydrogens is 174 g/mol. The van der Waals surface area contributed by atoms with Gasteiger partial charge in [0.2, 0.25) is 0 Å². The highest BCUT2D eigenvalue weighted by molar-refractivity contribution is 5.51. The Bertz CT molecular complexity index is 331.